The number of rotatable bonds is 3. The van der Waals surface area contributed by atoms with Crippen LogP contribution in [0.5, 0.6) is 5.75 Å². The topological polar surface area (TPSA) is 39.4 Å². The van der Waals surface area contributed by atoms with Gasteiger partial charge in [0.25, 0.3) is 0 Å². The van der Waals surface area contributed by atoms with Crippen LogP contribution >= 0.6 is 0 Å². The Morgan fingerprint density at radius 3 is 2.65 bits per heavy atom. The highest BCUT2D eigenvalue weighted by atomic mass is 28.3. The largest absolute Gasteiger partial charge is 0.545 e. The summed E-state index contributed by atoms with van der Waals surface area (Å²) in [5.74, 6) is 2.73. The average Bonchev–Trinajstić information content (AvgIpc) is 2.79. The van der Waals surface area contributed by atoms with Crippen LogP contribution in [-0.2, 0) is 0 Å². The van der Waals surface area contributed by atoms with E-state index in [1.165, 1.54) is 0 Å². The molecule has 0 atom stereocenters. The van der Waals surface area contributed by atoms with E-state index in [4.69, 9.17) is 9.42 Å². The third kappa shape index (κ3) is 3.16. The third-order valence-electron chi connectivity index (χ3n) is 3.00. The molecule has 20 heavy (non-hydrogen) atoms. The predicted octanol–water partition coefficient (Wildman–Crippen LogP) is 3.46. The fraction of sp³-hybridized carbons (Fsp3) is 0.333. The fourth-order valence-electron chi connectivity index (χ4n) is 2.06. The number of benzene rings is 1. The highest BCUT2D eigenvalue weighted by Crippen LogP contribution is 2.31. The molecule has 2 rings (SSSR count). The van der Waals surface area contributed by atoms with E-state index >= 15 is 0 Å². The molecule has 0 N–H and O–H groups in total. The quantitative estimate of drug-likeness (QED) is 0.493. The Morgan fingerprint density at radius 2 is 2.05 bits per heavy atom. The molecule has 0 fully saturated rings. The minimum atomic E-state index is -1.16. The van der Waals surface area contributed by atoms with Crippen LogP contribution in [0.3, 0.4) is 0 Å². The predicted molar refractivity (Wildman–Crippen MR) is 85.8 cm³/mol. The van der Waals surface area contributed by atoms with E-state index < -0.39 is 9.04 Å². The number of aromatic nitrogens is 2. The minimum Gasteiger partial charge on any atom is -0.545 e. The first-order chi connectivity index (χ1) is 9.49. The smallest absolute Gasteiger partial charge is 0.229 e. The highest BCUT2D eigenvalue weighted by Gasteiger charge is 2.09. The van der Waals surface area contributed by atoms with Crippen LogP contribution in [0.15, 0.2) is 35.6 Å². The van der Waals surface area contributed by atoms with Crippen molar-refractivity contribution in [1.29, 1.82) is 0 Å². The molecule has 1 heterocycles. The van der Waals surface area contributed by atoms with Crippen molar-refractivity contribution in [3.63, 3.8) is 0 Å². The van der Waals surface area contributed by atoms with Crippen molar-refractivity contribution in [3.8, 4) is 5.75 Å². The van der Waals surface area contributed by atoms with Crippen molar-refractivity contribution < 1.29 is 4.43 Å². The molecule has 5 heteroatoms. The van der Waals surface area contributed by atoms with Crippen molar-refractivity contribution >= 4 is 20.6 Å². The van der Waals surface area contributed by atoms with E-state index in [0.29, 0.717) is 0 Å². The zero-order chi connectivity index (χ0) is 14.7. The van der Waals surface area contributed by atoms with Crippen LogP contribution < -0.4 is 4.43 Å². The maximum absolute atomic E-state index is 6.03. The molecule has 0 saturated heterocycles. The average molecular weight is 287 g/mol. The number of para-hydroxylation sites is 1. The van der Waals surface area contributed by atoms with Gasteiger partial charge in [0.15, 0.2) is 0 Å². The molecule has 106 valence electrons. The molecule has 0 aliphatic heterocycles. The SMILES string of the molecule is CC(=Nc1cccc(C)c1O[SiH](C)C)n1ccnc1C. The van der Waals surface area contributed by atoms with Gasteiger partial charge in [0.2, 0.25) is 9.04 Å². The van der Waals surface area contributed by atoms with E-state index in [1.54, 1.807) is 6.20 Å². The molecule has 0 aliphatic carbocycles. The zero-order valence-corrected chi connectivity index (χ0v) is 13.9. The molecule has 4 nitrogen and oxygen atoms in total. The molecule has 1 aromatic carbocycles. The molecular formula is C15H21N3OSi. The Labute approximate surface area is 121 Å². The van der Waals surface area contributed by atoms with Gasteiger partial charge in [-0.2, -0.15) is 0 Å². The summed E-state index contributed by atoms with van der Waals surface area (Å²) in [5, 5.41) is 0. The lowest BCUT2D eigenvalue weighted by Gasteiger charge is -2.15. The second-order valence-corrected chi connectivity index (χ2v) is 7.43. The number of hydrogen-bond donors (Lipinski definition) is 0. The fourth-order valence-corrected chi connectivity index (χ4v) is 2.84. The lowest BCUT2D eigenvalue weighted by atomic mass is 10.2. The Morgan fingerprint density at radius 1 is 1.30 bits per heavy atom. The first-order valence-corrected chi connectivity index (χ1v) is 9.59. The van der Waals surface area contributed by atoms with Gasteiger partial charge < -0.3 is 4.43 Å². The van der Waals surface area contributed by atoms with Crippen LogP contribution in [0.4, 0.5) is 5.69 Å². The molecule has 0 aliphatic rings. The summed E-state index contributed by atoms with van der Waals surface area (Å²) >= 11 is 0. The maximum Gasteiger partial charge on any atom is 0.229 e. The molecule has 0 saturated carbocycles. The lowest BCUT2D eigenvalue weighted by Crippen LogP contribution is -2.13. The van der Waals surface area contributed by atoms with Crippen molar-refractivity contribution in [3.05, 3.63) is 42.0 Å². The lowest BCUT2D eigenvalue weighted by molar-refractivity contribution is 0.577. The summed E-state index contributed by atoms with van der Waals surface area (Å²) in [7, 11) is -1.16. The highest BCUT2D eigenvalue weighted by molar-refractivity contribution is 6.49. The van der Waals surface area contributed by atoms with Crippen LogP contribution in [0.2, 0.25) is 13.1 Å². The number of hydrogen-bond acceptors (Lipinski definition) is 3. The molecule has 2 aromatic rings. The summed E-state index contributed by atoms with van der Waals surface area (Å²) in [6, 6.07) is 6.06. The monoisotopic (exact) mass is 287 g/mol. The standard InChI is InChI=1S/C15H21N3OSi/c1-11-7-6-8-14(15(11)19-20(4)5)17-13(3)18-10-9-16-12(18)2/h6-10,20H,1-5H3. The van der Waals surface area contributed by atoms with E-state index in [2.05, 4.69) is 31.1 Å². The van der Waals surface area contributed by atoms with Gasteiger partial charge in [0, 0.05) is 12.4 Å². The summed E-state index contributed by atoms with van der Waals surface area (Å²) in [6.45, 7) is 10.3. The molecular weight excluding hydrogens is 266 g/mol. The third-order valence-corrected chi connectivity index (χ3v) is 3.71. The number of nitrogens with zero attached hydrogens (tertiary/aromatic N) is 3. The van der Waals surface area contributed by atoms with Gasteiger partial charge in [-0.1, -0.05) is 12.1 Å². The normalized spacial score (nSPS) is 12.0. The van der Waals surface area contributed by atoms with Crippen LogP contribution in [-0.4, -0.2) is 24.4 Å². The molecule has 0 spiro atoms. The minimum absolute atomic E-state index is 0.886. The Kier molecular flexibility index (Phi) is 4.39. The van der Waals surface area contributed by atoms with E-state index in [1.807, 2.05) is 36.7 Å². The Bertz CT molecular complexity index is 632. The number of imidazole rings is 1. The summed E-state index contributed by atoms with van der Waals surface area (Å²) in [5.41, 5.74) is 2.01. The number of aliphatic imine (C=N–C) groups is 1. The van der Waals surface area contributed by atoms with E-state index in [9.17, 15) is 0 Å². The van der Waals surface area contributed by atoms with Gasteiger partial charge in [0.05, 0.1) is 0 Å². The Hall–Kier alpha value is -1.88. The molecule has 0 bridgehead atoms. The first-order valence-electron chi connectivity index (χ1n) is 6.81. The second-order valence-electron chi connectivity index (χ2n) is 5.09. The summed E-state index contributed by atoms with van der Waals surface area (Å²) in [6.07, 6.45) is 3.70. The van der Waals surface area contributed by atoms with Gasteiger partial charge in [-0.15, -0.1) is 0 Å². The molecule has 0 unspecified atom stereocenters. The van der Waals surface area contributed by atoms with Gasteiger partial charge in [-0.3, -0.25) is 4.57 Å². The second kappa shape index (κ2) is 6.05. The van der Waals surface area contributed by atoms with Crippen molar-refractivity contribution in [2.24, 2.45) is 4.99 Å². The van der Waals surface area contributed by atoms with Gasteiger partial charge in [-0.05, 0) is 45.5 Å². The van der Waals surface area contributed by atoms with Crippen LogP contribution in [0.1, 0.15) is 18.3 Å². The molecule has 0 amide bonds. The van der Waals surface area contributed by atoms with Gasteiger partial charge >= 0.3 is 0 Å². The van der Waals surface area contributed by atoms with Crippen molar-refractivity contribution in [2.75, 3.05) is 0 Å². The van der Waals surface area contributed by atoms with E-state index in [0.717, 1.165) is 28.7 Å². The Balaban J connectivity index is 2.43. The molecule has 0 radical (unpaired) electrons. The van der Waals surface area contributed by atoms with Gasteiger partial charge in [0.1, 0.15) is 23.1 Å². The number of aryl methyl sites for hydroxylation is 2. The molecule has 1 aromatic heterocycles. The van der Waals surface area contributed by atoms with E-state index in [-0.39, 0.29) is 0 Å². The summed E-state index contributed by atoms with van der Waals surface area (Å²) in [4.78, 5) is 8.94. The van der Waals surface area contributed by atoms with Crippen molar-refractivity contribution in [2.45, 2.75) is 33.9 Å². The van der Waals surface area contributed by atoms with Crippen LogP contribution in [0.25, 0.3) is 0 Å². The first kappa shape index (κ1) is 14.5. The van der Waals surface area contributed by atoms with Crippen molar-refractivity contribution in [1.82, 2.24) is 9.55 Å². The maximum atomic E-state index is 6.03. The zero-order valence-electron chi connectivity index (χ0n) is 12.7. The van der Waals surface area contributed by atoms with Gasteiger partial charge in [-0.25, -0.2) is 9.98 Å². The van der Waals surface area contributed by atoms with Crippen LogP contribution in [0, 0.1) is 13.8 Å². The summed E-state index contributed by atoms with van der Waals surface area (Å²) < 4.78 is 8.00.